The van der Waals surface area contributed by atoms with Gasteiger partial charge in [-0.05, 0) is 48.6 Å². The molecule has 0 bridgehead atoms. The minimum atomic E-state index is -0.884. The monoisotopic (exact) mass is 710 g/mol. The molecule has 0 radical (unpaired) electrons. The fraction of sp³-hybridized carbons (Fsp3) is 0.571. The van der Waals surface area contributed by atoms with E-state index in [4.69, 9.17) is 14.2 Å². The lowest BCUT2D eigenvalue weighted by Crippen LogP contribution is -2.45. The highest BCUT2D eigenvalue weighted by atomic mass is 35.5. The van der Waals surface area contributed by atoms with Crippen LogP contribution in [-0.2, 0) is 16.0 Å². The highest BCUT2D eigenvalue weighted by Crippen LogP contribution is 2.49. The number of carboxylic acids is 1. The number of carboxylic acid groups (broad SMARTS) is 1. The quantitative estimate of drug-likeness (QED) is 0.282. The first-order valence-corrected chi connectivity index (χ1v) is 16.7. The third-order valence-corrected chi connectivity index (χ3v) is 10.1. The van der Waals surface area contributed by atoms with Gasteiger partial charge in [0.2, 0.25) is 0 Å². The van der Waals surface area contributed by atoms with Crippen molar-refractivity contribution in [2.24, 2.45) is 0 Å². The number of fused-ring (bicyclic) bond motifs is 5. The van der Waals surface area contributed by atoms with Crippen LogP contribution >= 0.6 is 37.2 Å². The molecule has 9 nitrogen and oxygen atoms in total. The van der Waals surface area contributed by atoms with Crippen LogP contribution in [0.15, 0.2) is 36.4 Å². The molecule has 0 atom stereocenters. The molecule has 260 valence electrons. The van der Waals surface area contributed by atoms with Gasteiger partial charge in [-0.3, -0.25) is 9.80 Å². The fourth-order valence-corrected chi connectivity index (χ4v) is 7.71. The summed E-state index contributed by atoms with van der Waals surface area (Å²) in [5.41, 5.74) is 6.25. The van der Waals surface area contributed by atoms with E-state index in [-0.39, 0.29) is 37.2 Å². The number of morpholine rings is 2. The zero-order valence-corrected chi connectivity index (χ0v) is 29.5. The van der Waals surface area contributed by atoms with E-state index >= 15 is 0 Å². The molecule has 1 N–H and O–H groups in total. The zero-order valence-electron chi connectivity index (χ0n) is 27.1. The van der Waals surface area contributed by atoms with Crippen LogP contribution in [0.3, 0.4) is 0 Å². The average molecular weight is 712 g/mol. The highest BCUT2D eigenvalue weighted by Gasteiger charge is 2.31. The number of hydrogen-bond donors (Lipinski definition) is 1. The van der Waals surface area contributed by atoms with E-state index in [1.165, 1.54) is 48.7 Å². The molecule has 4 heterocycles. The second-order valence-corrected chi connectivity index (χ2v) is 12.7. The first-order chi connectivity index (χ1) is 21.7. The summed E-state index contributed by atoms with van der Waals surface area (Å²) >= 11 is 0. The molecule has 2 aromatic carbocycles. The summed E-state index contributed by atoms with van der Waals surface area (Å²) in [4.78, 5) is 19.5. The number of anilines is 1. The van der Waals surface area contributed by atoms with E-state index in [2.05, 4.69) is 43.5 Å². The Labute approximate surface area is 296 Å². The largest absolute Gasteiger partial charge is 0.489 e. The first kappa shape index (κ1) is 37.6. The lowest BCUT2D eigenvalue weighted by molar-refractivity contribution is 0.0368. The fourth-order valence-electron chi connectivity index (χ4n) is 7.71. The molecule has 0 unspecified atom stereocenters. The molecule has 2 saturated heterocycles. The van der Waals surface area contributed by atoms with Gasteiger partial charge in [0.1, 0.15) is 6.61 Å². The predicted octanol–water partition coefficient (Wildman–Crippen LogP) is 6.18. The maximum atomic E-state index is 12.0. The maximum absolute atomic E-state index is 12.0. The van der Waals surface area contributed by atoms with E-state index in [9.17, 15) is 9.90 Å². The SMILES string of the molecule is Cl.Cl.Cl.O=C(O)c1ccc2c(C3CCCCC3)c3n(c2c1)CCOc1c-3cccc1N(CCN1CCOCC1)CCN1CCOCC1. The summed E-state index contributed by atoms with van der Waals surface area (Å²) in [6.45, 7) is 12.2. The number of rotatable bonds is 9. The zero-order chi connectivity index (χ0) is 29.9. The lowest BCUT2D eigenvalue weighted by Gasteiger charge is -2.34. The third kappa shape index (κ3) is 8.15. The molecule has 3 aliphatic heterocycles. The van der Waals surface area contributed by atoms with Gasteiger partial charge in [-0.2, -0.15) is 0 Å². The van der Waals surface area contributed by atoms with Crippen LogP contribution in [-0.4, -0.2) is 111 Å². The highest BCUT2D eigenvalue weighted by molar-refractivity contribution is 5.99. The van der Waals surface area contributed by atoms with E-state index < -0.39 is 5.97 Å². The number of carbonyl (C=O) groups is 1. The van der Waals surface area contributed by atoms with Gasteiger partial charge in [-0.15, -0.1) is 37.2 Å². The van der Waals surface area contributed by atoms with Gasteiger partial charge in [-0.1, -0.05) is 31.4 Å². The molecular weight excluding hydrogens is 663 g/mol. The number of halogens is 3. The summed E-state index contributed by atoms with van der Waals surface area (Å²) in [6.07, 6.45) is 6.12. The Balaban J connectivity index is 0.00000167. The minimum absolute atomic E-state index is 0. The Bertz CT molecular complexity index is 1450. The van der Waals surface area contributed by atoms with E-state index in [1.807, 2.05) is 6.07 Å². The van der Waals surface area contributed by atoms with Gasteiger partial charge in [0.25, 0.3) is 0 Å². The molecule has 0 amide bonds. The van der Waals surface area contributed by atoms with Crippen molar-refractivity contribution in [3.8, 4) is 17.0 Å². The summed E-state index contributed by atoms with van der Waals surface area (Å²) < 4.78 is 20.3. The average Bonchev–Trinajstić information content (AvgIpc) is 3.26. The van der Waals surface area contributed by atoms with Crippen molar-refractivity contribution in [1.82, 2.24) is 14.4 Å². The molecule has 3 aromatic rings. The molecule has 1 aliphatic carbocycles. The topological polar surface area (TPSA) is 79.6 Å². The van der Waals surface area contributed by atoms with Crippen molar-refractivity contribution in [3.63, 3.8) is 0 Å². The molecule has 0 spiro atoms. The Morgan fingerprint density at radius 1 is 0.809 bits per heavy atom. The van der Waals surface area contributed by atoms with Gasteiger partial charge in [0.05, 0.1) is 49.9 Å². The number of aromatic carboxylic acids is 1. The second kappa shape index (κ2) is 17.4. The Morgan fingerprint density at radius 3 is 2.06 bits per heavy atom. The number of nitrogens with zero attached hydrogens (tertiary/aromatic N) is 4. The Morgan fingerprint density at radius 2 is 1.45 bits per heavy atom. The summed E-state index contributed by atoms with van der Waals surface area (Å²) in [7, 11) is 0. The normalized spacial score (nSPS) is 18.8. The number of para-hydroxylation sites is 1. The number of benzene rings is 2. The van der Waals surface area contributed by atoms with Crippen molar-refractivity contribution in [1.29, 1.82) is 0 Å². The van der Waals surface area contributed by atoms with Crippen molar-refractivity contribution in [2.75, 3.05) is 90.3 Å². The first-order valence-electron chi connectivity index (χ1n) is 16.7. The molecule has 47 heavy (non-hydrogen) atoms. The van der Waals surface area contributed by atoms with Crippen LogP contribution in [0.5, 0.6) is 5.75 Å². The number of ether oxygens (including phenoxy) is 3. The van der Waals surface area contributed by atoms with Gasteiger partial charge in [-0.25, -0.2) is 4.79 Å². The smallest absolute Gasteiger partial charge is 0.335 e. The van der Waals surface area contributed by atoms with Crippen LogP contribution < -0.4 is 9.64 Å². The third-order valence-electron chi connectivity index (χ3n) is 10.1. The Hall–Kier alpha value is -2.24. The molecular formula is C35H49Cl3N4O5. The van der Waals surface area contributed by atoms with Crippen LogP contribution in [0, 0.1) is 0 Å². The Kier molecular flexibility index (Phi) is 13.9. The number of aromatic nitrogens is 1. The predicted molar refractivity (Wildman–Crippen MR) is 194 cm³/mol. The van der Waals surface area contributed by atoms with Gasteiger partial charge in [0, 0.05) is 68.8 Å². The summed E-state index contributed by atoms with van der Waals surface area (Å²) in [5, 5.41) is 11.0. The van der Waals surface area contributed by atoms with Crippen molar-refractivity contribution in [2.45, 2.75) is 44.6 Å². The molecule has 3 fully saturated rings. The van der Waals surface area contributed by atoms with Crippen LogP contribution in [0.25, 0.3) is 22.2 Å². The van der Waals surface area contributed by atoms with E-state index in [0.717, 1.165) is 101 Å². The molecule has 12 heteroatoms. The summed E-state index contributed by atoms with van der Waals surface area (Å²) in [6, 6.07) is 12.4. The van der Waals surface area contributed by atoms with Crippen molar-refractivity contribution < 1.29 is 24.1 Å². The molecule has 7 rings (SSSR count). The van der Waals surface area contributed by atoms with E-state index in [0.29, 0.717) is 24.6 Å². The number of hydrogen-bond acceptors (Lipinski definition) is 7. The molecule has 1 saturated carbocycles. The van der Waals surface area contributed by atoms with Crippen molar-refractivity contribution in [3.05, 3.63) is 47.5 Å². The minimum Gasteiger partial charge on any atom is -0.489 e. The van der Waals surface area contributed by atoms with Crippen LogP contribution in [0.1, 0.15) is 53.9 Å². The lowest BCUT2D eigenvalue weighted by atomic mass is 9.81. The van der Waals surface area contributed by atoms with Gasteiger partial charge < -0.3 is 28.8 Å². The van der Waals surface area contributed by atoms with Crippen LogP contribution in [0.2, 0.25) is 0 Å². The van der Waals surface area contributed by atoms with Crippen LogP contribution in [0.4, 0.5) is 5.69 Å². The standard InChI is InChI=1S/C35H46N4O5.3ClH/c40-35(41)27-9-10-28-31(25-27)39-19-24-44-34-29(33(39)32(28)26-5-2-1-3-6-26)7-4-8-30(34)38(13-11-36-15-20-42-21-16-36)14-12-37-17-22-43-23-18-37;;;/h4,7-10,25-26H,1-3,5-6,11-24H2,(H,40,41);3*1H. The summed E-state index contributed by atoms with van der Waals surface area (Å²) in [5.74, 6) is 0.547. The maximum Gasteiger partial charge on any atom is 0.335 e. The van der Waals surface area contributed by atoms with Gasteiger partial charge >= 0.3 is 5.97 Å². The van der Waals surface area contributed by atoms with E-state index in [1.54, 1.807) is 6.07 Å². The van der Waals surface area contributed by atoms with Gasteiger partial charge in [0.15, 0.2) is 5.75 Å². The molecule has 1 aromatic heterocycles. The van der Waals surface area contributed by atoms with Crippen molar-refractivity contribution >= 4 is 59.8 Å². The molecule has 4 aliphatic rings. The second-order valence-electron chi connectivity index (χ2n) is 12.7.